The average Bonchev–Trinajstić information content (AvgIpc) is 3.33. The first-order valence-electron chi connectivity index (χ1n) is 12.2. The van der Waals surface area contributed by atoms with Crippen molar-refractivity contribution in [2.24, 2.45) is 4.99 Å². The molecule has 4 rings (SSSR count). The zero-order valence-electron chi connectivity index (χ0n) is 20.8. The highest BCUT2D eigenvalue weighted by Gasteiger charge is 2.53. The predicted molar refractivity (Wildman–Crippen MR) is 148 cm³/mol. The number of ether oxygens (including phenoxy) is 2. The molecule has 3 aromatic carbocycles. The molecule has 0 unspecified atom stereocenters. The van der Waals surface area contributed by atoms with Gasteiger partial charge in [-0.15, -0.1) is 0 Å². The Morgan fingerprint density at radius 3 is 2.42 bits per heavy atom. The molecule has 1 aliphatic rings. The van der Waals surface area contributed by atoms with E-state index in [1.165, 1.54) is 19.2 Å². The fraction of sp³-hybridized carbons (Fsp3) is 0.286. The van der Waals surface area contributed by atoms with Crippen molar-refractivity contribution < 1.29 is 27.8 Å². The summed E-state index contributed by atoms with van der Waals surface area (Å²) in [6.45, 7) is 0.424. The van der Waals surface area contributed by atoms with Gasteiger partial charge in [0.1, 0.15) is 5.75 Å². The second-order valence-electron chi connectivity index (χ2n) is 8.77. The van der Waals surface area contributed by atoms with Gasteiger partial charge in [0.05, 0.1) is 17.3 Å². The van der Waals surface area contributed by atoms with E-state index >= 15 is 0 Å². The molecular weight excluding hydrogens is 572 g/mol. The summed E-state index contributed by atoms with van der Waals surface area (Å²) in [5.41, 5.74) is -0.240. The molecule has 0 bridgehead atoms. The average molecular weight is 602 g/mol. The van der Waals surface area contributed by atoms with Crippen molar-refractivity contribution in [2.75, 3.05) is 26.0 Å². The highest BCUT2D eigenvalue weighted by atomic mass is 79.9. The summed E-state index contributed by atoms with van der Waals surface area (Å²) < 4.78 is 39.1. The number of amides is 1. The van der Waals surface area contributed by atoms with Crippen LogP contribution in [-0.2, 0) is 19.4 Å². The number of likely N-dealkylation sites (N-methyl/N-ethyl adjacent to an activating group) is 1. The molecule has 200 valence electrons. The number of hydrogen-bond acceptors (Lipinski definition) is 7. The number of carbonyl (C=O) groups excluding carboxylic acids is 1. The molecule has 1 amide bonds. The number of aliphatic hydroxyl groups excluding tert-OH is 1. The monoisotopic (exact) mass is 600 g/mol. The van der Waals surface area contributed by atoms with Gasteiger partial charge < -0.3 is 19.9 Å². The highest BCUT2D eigenvalue weighted by Crippen LogP contribution is 2.45. The molecule has 2 N–H and O–H groups in total. The molecule has 0 spiro atoms. The molecule has 0 saturated heterocycles. The number of rotatable bonds is 11. The summed E-state index contributed by atoms with van der Waals surface area (Å²) in [7, 11) is -2.19. The molecule has 8 nitrogen and oxygen atoms in total. The zero-order valence-corrected chi connectivity index (χ0v) is 23.2. The summed E-state index contributed by atoms with van der Waals surface area (Å²) in [6.07, 6.45) is -0.451. The maximum Gasteiger partial charge on any atom is 0.252 e. The number of halogens is 1. The van der Waals surface area contributed by atoms with Gasteiger partial charge in [-0.3, -0.25) is 4.79 Å². The molecule has 1 heterocycles. The van der Waals surface area contributed by atoms with Gasteiger partial charge in [-0.1, -0.05) is 52.3 Å². The third kappa shape index (κ3) is 5.92. The Kier molecular flexibility index (Phi) is 8.86. The molecule has 0 saturated carbocycles. The van der Waals surface area contributed by atoms with Gasteiger partial charge in [-0.05, 0) is 42.5 Å². The lowest BCUT2D eigenvalue weighted by Gasteiger charge is -2.30. The van der Waals surface area contributed by atoms with Crippen molar-refractivity contribution in [1.29, 1.82) is 0 Å². The third-order valence-electron chi connectivity index (χ3n) is 6.30. The maximum absolute atomic E-state index is 13.5. The Hall–Kier alpha value is -3.21. The van der Waals surface area contributed by atoms with E-state index in [4.69, 9.17) is 19.6 Å². The fourth-order valence-electron chi connectivity index (χ4n) is 4.29. The first-order chi connectivity index (χ1) is 18.3. The van der Waals surface area contributed by atoms with Crippen molar-refractivity contribution in [1.82, 2.24) is 5.32 Å². The molecule has 0 fully saturated rings. The summed E-state index contributed by atoms with van der Waals surface area (Å²) >= 11 is 3.56. The van der Waals surface area contributed by atoms with E-state index in [2.05, 4.69) is 21.2 Å². The number of hydrogen-bond donors (Lipinski definition) is 2. The molecule has 0 aliphatic carbocycles. The Morgan fingerprint density at radius 2 is 1.76 bits per heavy atom. The highest BCUT2D eigenvalue weighted by molar-refractivity contribution is 9.10. The number of aliphatic imine (C=N–C) groups is 1. The van der Waals surface area contributed by atoms with Crippen LogP contribution in [0.4, 0.5) is 0 Å². The van der Waals surface area contributed by atoms with E-state index in [0.29, 0.717) is 34.4 Å². The third-order valence-corrected chi connectivity index (χ3v) is 8.75. The van der Waals surface area contributed by atoms with Crippen LogP contribution in [0.1, 0.15) is 30.1 Å². The van der Waals surface area contributed by atoms with Gasteiger partial charge >= 0.3 is 0 Å². The molecule has 2 atom stereocenters. The first kappa shape index (κ1) is 27.8. The van der Waals surface area contributed by atoms with Crippen LogP contribution in [0.2, 0.25) is 0 Å². The van der Waals surface area contributed by atoms with Gasteiger partial charge in [-0.25, -0.2) is 13.4 Å². The van der Waals surface area contributed by atoms with Gasteiger partial charge in [0.25, 0.3) is 5.91 Å². The minimum absolute atomic E-state index is 0.0424. The summed E-state index contributed by atoms with van der Waals surface area (Å²) in [6, 6.07) is 22.5. The van der Waals surface area contributed by atoms with Crippen LogP contribution in [0.25, 0.3) is 0 Å². The lowest BCUT2D eigenvalue weighted by atomic mass is 9.85. The van der Waals surface area contributed by atoms with Crippen LogP contribution >= 0.6 is 15.9 Å². The zero-order chi connectivity index (χ0) is 27.2. The van der Waals surface area contributed by atoms with Crippen LogP contribution in [0, 0.1) is 0 Å². The normalized spacial score (nSPS) is 18.9. The summed E-state index contributed by atoms with van der Waals surface area (Å²) in [5.74, 6) is 0.104. The van der Waals surface area contributed by atoms with E-state index in [1.54, 1.807) is 42.5 Å². The lowest BCUT2D eigenvalue weighted by Crippen LogP contribution is -2.48. The van der Waals surface area contributed by atoms with Crippen LogP contribution < -0.4 is 10.1 Å². The van der Waals surface area contributed by atoms with Crippen molar-refractivity contribution in [3.05, 3.63) is 94.5 Å². The quantitative estimate of drug-likeness (QED) is 0.321. The van der Waals surface area contributed by atoms with Crippen molar-refractivity contribution in [3.63, 3.8) is 0 Å². The van der Waals surface area contributed by atoms with Crippen LogP contribution in [0.15, 0.2) is 93.2 Å². The Bertz CT molecular complexity index is 1400. The number of aliphatic hydroxyl groups is 1. The Balaban J connectivity index is 1.73. The number of sulfone groups is 1. The minimum Gasteiger partial charge on any atom is -0.494 e. The molecule has 0 aromatic heterocycles. The molecule has 0 radical (unpaired) electrons. The Labute approximate surface area is 230 Å². The van der Waals surface area contributed by atoms with Crippen LogP contribution in [0.5, 0.6) is 5.75 Å². The molecule has 3 aromatic rings. The number of nitrogens with zero attached hydrogens (tertiary/aromatic N) is 1. The summed E-state index contributed by atoms with van der Waals surface area (Å²) in [5, 5.41) is 11.6. The van der Waals surface area contributed by atoms with E-state index in [9.17, 15) is 13.2 Å². The predicted octanol–water partition coefficient (Wildman–Crippen LogP) is 4.08. The van der Waals surface area contributed by atoms with E-state index in [0.717, 1.165) is 0 Å². The van der Waals surface area contributed by atoms with Gasteiger partial charge in [-0.2, -0.15) is 0 Å². The topological polar surface area (TPSA) is 114 Å². The van der Waals surface area contributed by atoms with Crippen molar-refractivity contribution in [2.45, 2.75) is 29.4 Å². The molecule has 38 heavy (non-hydrogen) atoms. The van der Waals surface area contributed by atoms with Crippen LogP contribution in [0.3, 0.4) is 0 Å². The smallest absolute Gasteiger partial charge is 0.252 e. The number of benzene rings is 3. The number of nitrogens with one attached hydrogen (secondary N) is 1. The van der Waals surface area contributed by atoms with Crippen molar-refractivity contribution in [3.8, 4) is 5.75 Å². The van der Waals surface area contributed by atoms with Gasteiger partial charge in [0.2, 0.25) is 5.90 Å². The second kappa shape index (κ2) is 12.1. The van der Waals surface area contributed by atoms with E-state index in [-0.39, 0.29) is 29.6 Å². The Morgan fingerprint density at radius 1 is 1.08 bits per heavy atom. The SMILES string of the molecule is CNC(=O)[C@]1(CCS(=O)(=O)c2ccccc2)N=C(c2ccc(OCCCO)cc2)O[C@@H]1c1ccccc1Br. The second-order valence-corrected chi connectivity index (χ2v) is 11.7. The first-order valence-corrected chi connectivity index (χ1v) is 14.6. The maximum atomic E-state index is 13.5. The van der Waals surface area contributed by atoms with E-state index < -0.39 is 27.4 Å². The lowest BCUT2D eigenvalue weighted by molar-refractivity contribution is -0.128. The standard InChI is InChI=1S/C28H29BrN2O6S/c1-30-27(33)28(16-19-38(34,35)22-8-3-2-4-9-22)25(23-10-5-6-11-24(23)29)37-26(31-28)20-12-14-21(15-13-20)36-18-7-17-32/h2-6,8-15,25,32H,7,16-19H2,1H3,(H,30,33)/t25-,28-/m1/s1. The van der Waals surface area contributed by atoms with Crippen molar-refractivity contribution >= 4 is 37.6 Å². The largest absolute Gasteiger partial charge is 0.494 e. The summed E-state index contributed by atoms with van der Waals surface area (Å²) in [4.78, 5) is 18.5. The fourth-order valence-corrected chi connectivity index (χ4v) is 6.17. The number of carbonyl (C=O) groups is 1. The molecule has 1 aliphatic heterocycles. The van der Waals surface area contributed by atoms with Gasteiger partial charge in [0.15, 0.2) is 21.5 Å². The van der Waals surface area contributed by atoms with Crippen LogP contribution in [-0.4, -0.2) is 56.9 Å². The van der Waals surface area contributed by atoms with Gasteiger partial charge in [0, 0.05) is 42.1 Å². The minimum atomic E-state index is -3.69. The van der Waals surface area contributed by atoms with E-state index in [1.807, 2.05) is 24.3 Å². The molecular formula is C28H29BrN2O6S. The molecule has 10 heteroatoms.